The first-order valence-electron chi connectivity index (χ1n) is 0. The SMILES string of the molecule is O.O.[Ba+2].[OH-].[OH-].[W]. The molecular formula is H6BaO4W. The van der Waals surface area contributed by atoms with Gasteiger partial charge in [-0.05, 0) is 0 Å². The fraction of sp³-hybridized carbons (Fsp3) is 0. The third-order valence-electron chi connectivity index (χ3n) is 0. The molecule has 38 valence electrons. The van der Waals surface area contributed by atoms with Gasteiger partial charge in [0.15, 0.2) is 0 Å². The Balaban J connectivity index is 0. The molecule has 0 aliphatic carbocycles. The second-order valence-electron chi connectivity index (χ2n) is 0. The third-order valence-corrected chi connectivity index (χ3v) is 0. The van der Waals surface area contributed by atoms with E-state index in [1.165, 1.54) is 0 Å². The van der Waals surface area contributed by atoms with E-state index in [0.717, 1.165) is 0 Å². The molecule has 6 heteroatoms. The molecule has 0 amide bonds. The summed E-state index contributed by atoms with van der Waals surface area (Å²) in [6, 6.07) is 0. The quantitative estimate of drug-likeness (QED) is 0.428. The van der Waals surface area contributed by atoms with Gasteiger partial charge in [-0.2, -0.15) is 0 Å². The molecule has 0 radical (unpaired) electrons. The Hall–Kier alpha value is 2.10. The van der Waals surface area contributed by atoms with Crippen LogP contribution in [0.5, 0.6) is 0 Å². The summed E-state index contributed by atoms with van der Waals surface area (Å²) in [4.78, 5) is 0. The first kappa shape index (κ1) is 92.6. The van der Waals surface area contributed by atoms with Crippen LogP contribution in [-0.4, -0.2) is 70.8 Å². The van der Waals surface area contributed by atoms with Crippen LogP contribution in [0.15, 0.2) is 0 Å². The molecule has 0 bridgehead atoms. The molecule has 6 heavy (non-hydrogen) atoms. The Labute approximate surface area is 90.3 Å². The minimum atomic E-state index is 0. The van der Waals surface area contributed by atoms with Gasteiger partial charge in [0.1, 0.15) is 0 Å². The number of hydrogen-bond acceptors (Lipinski definition) is 2. The van der Waals surface area contributed by atoms with E-state index in [1.807, 2.05) is 0 Å². The predicted molar refractivity (Wildman–Crippen MR) is 16.9 cm³/mol. The van der Waals surface area contributed by atoms with Crippen molar-refractivity contribution in [1.29, 1.82) is 0 Å². The molecule has 0 heterocycles. The molecule has 0 aliphatic heterocycles. The van der Waals surface area contributed by atoms with Crippen LogP contribution in [0.2, 0.25) is 0 Å². The molecule has 0 aromatic heterocycles. The Morgan fingerprint density at radius 1 is 0.667 bits per heavy atom. The maximum absolute atomic E-state index is 0. The summed E-state index contributed by atoms with van der Waals surface area (Å²) in [5, 5.41) is 0. The average molecular weight is 391 g/mol. The van der Waals surface area contributed by atoms with Crippen molar-refractivity contribution in [2.45, 2.75) is 0 Å². The molecule has 0 aromatic rings. The third kappa shape index (κ3) is 36.0. The van der Waals surface area contributed by atoms with Gasteiger partial charge in [0.25, 0.3) is 0 Å². The van der Waals surface area contributed by atoms with Crippen LogP contribution in [0.3, 0.4) is 0 Å². The van der Waals surface area contributed by atoms with Gasteiger partial charge in [0.05, 0.1) is 0 Å². The van der Waals surface area contributed by atoms with Crippen LogP contribution < -0.4 is 0 Å². The van der Waals surface area contributed by atoms with Gasteiger partial charge >= 0.3 is 48.9 Å². The zero-order valence-electron chi connectivity index (χ0n) is 3.01. The van der Waals surface area contributed by atoms with Crippen LogP contribution in [0, 0.1) is 0 Å². The summed E-state index contributed by atoms with van der Waals surface area (Å²) >= 11 is 0. The smallest absolute Gasteiger partial charge is 0.870 e. The summed E-state index contributed by atoms with van der Waals surface area (Å²) in [6.45, 7) is 0. The van der Waals surface area contributed by atoms with Gasteiger partial charge in [-0.1, -0.05) is 0 Å². The fourth-order valence-electron chi connectivity index (χ4n) is 0. The van der Waals surface area contributed by atoms with Crippen molar-refractivity contribution >= 4 is 48.9 Å². The predicted octanol–water partition coefficient (Wildman–Crippen LogP) is -2.39. The van der Waals surface area contributed by atoms with E-state index < -0.39 is 0 Å². The zero-order valence-corrected chi connectivity index (χ0v) is 10.4. The molecule has 4 nitrogen and oxygen atoms in total. The summed E-state index contributed by atoms with van der Waals surface area (Å²) in [5.74, 6) is 0. The van der Waals surface area contributed by atoms with E-state index >= 15 is 0 Å². The van der Waals surface area contributed by atoms with E-state index in [2.05, 4.69) is 0 Å². The maximum Gasteiger partial charge on any atom is 2.00 e. The fourth-order valence-corrected chi connectivity index (χ4v) is 0. The van der Waals surface area contributed by atoms with Crippen molar-refractivity contribution in [3.05, 3.63) is 0 Å². The second kappa shape index (κ2) is 59.9. The summed E-state index contributed by atoms with van der Waals surface area (Å²) in [7, 11) is 0. The molecule has 6 N–H and O–H groups in total. The van der Waals surface area contributed by atoms with E-state index in [9.17, 15) is 0 Å². The molecule has 0 aliphatic rings. The average Bonchev–Trinajstić information content (AvgIpc) is 0. The van der Waals surface area contributed by atoms with Crippen LogP contribution in [0.25, 0.3) is 0 Å². The molecule has 0 fully saturated rings. The van der Waals surface area contributed by atoms with Crippen molar-refractivity contribution in [2.75, 3.05) is 0 Å². The van der Waals surface area contributed by atoms with Crippen LogP contribution in [0.1, 0.15) is 0 Å². The Morgan fingerprint density at radius 3 is 0.667 bits per heavy atom. The maximum atomic E-state index is 0. The molecule has 0 rings (SSSR count). The van der Waals surface area contributed by atoms with E-state index in [0.29, 0.717) is 0 Å². The van der Waals surface area contributed by atoms with Gasteiger partial charge in [-0.15, -0.1) is 0 Å². The first-order chi connectivity index (χ1) is 0. The molecular weight excluding hydrogens is 385 g/mol. The Bertz CT molecular complexity index is 7.51. The minimum Gasteiger partial charge on any atom is -0.870 e. The van der Waals surface area contributed by atoms with E-state index in [4.69, 9.17) is 0 Å². The van der Waals surface area contributed by atoms with E-state index in [-0.39, 0.29) is 91.9 Å². The number of hydrogen-bond donors (Lipinski definition) is 0. The summed E-state index contributed by atoms with van der Waals surface area (Å²) in [5.41, 5.74) is 0. The van der Waals surface area contributed by atoms with Crippen molar-refractivity contribution in [2.24, 2.45) is 0 Å². The van der Waals surface area contributed by atoms with Gasteiger partial charge in [0, 0.05) is 21.1 Å². The van der Waals surface area contributed by atoms with Crippen LogP contribution >= 0.6 is 0 Å². The summed E-state index contributed by atoms with van der Waals surface area (Å²) in [6.07, 6.45) is 0. The van der Waals surface area contributed by atoms with Crippen molar-refractivity contribution in [3.8, 4) is 0 Å². The molecule has 0 atom stereocenters. The molecule has 0 aromatic carbocycles. The molecule has 0 saturated heterocycles. The summed E-state index contributed by atoms with van der Waals surface area (Å²) < 4.78 is 0. The van der Waals surface area contributed by atoms with Gasteiger partial charge < -0.3 is 21.9 Å². The Kier molecular flexibility index (Phi) is 925. The van der Waals surface area contributed by atoms with Crippen molar-refractivity contribution in [1.82, 2.24) is 0 Å². The second-order valence-corrected chi connectivity index (χ2v) is 0. The monoisotopic (exact) mass is 392 g/mol. The largest absolute Gasteiger partial charge is 2.00 e. The van der Waals surface area contributed by atoms with Crippen molar-refractivity contribution in [3.63, 3.8) is 0 Å². The zero-order chi connectivity index (χ0) is 0. The van der Waals surface area contributed by atoms with Gasteiger partial charge in [0.2, 0.25) is 0 Å². The topological polar surface area (TPSA) is 123 Å². The molecule has 0 unspecified atom stereocenters. The van der Waals surface area contributed by atoms with Gasteiger partial charge in [-0.25, -0.2) is 0 Å². The Morgan fingerprint density at radius 2 is 0.667 bits per heavy atom. The molecule has 0 saturated carbocycles. The standard InChI is InChI=1S/Ba.4H2O.W/h;4*1H2;/q+2;;;;;/p-2. The van der Waals surface area contributed by atoms with Crippen molar-refractivity contribution < 1.29 is 43.0 Å². The number of rotatable bonds is 0. The first-order valence-corrected chi connectivity index (χ1v) is 0. The molecule has 0 spiro atoms. The van der Waals surface area contributed by atoms with Crippen LogP contribution in [-0.2, 0) is 21.1 Å². The van der Waals surface area contributed by atoms with E-state index in [1.54, 1.807) is 0 Å². The minimum absolute atomic E-state index is 0. The van der Waals surface area contributed by atoms with Crippen LogP contribution in [0.4, 0.5) is 0 Å². The normalized spacial score (nSPS) is 0. The van der Waals surface area contributed by atoms with Gasteiger partial charge in [-0.3, -0.25) is 0 Å².